The van der Waals surface area contributed by atoms with Crippen LogP contribution >= 0.6 is 24.0 Å². The third-order valence-electron chi connectivity index (χ3n) is 3.42. The van der Waals surface area contributed by atoms with Gasteiger partial charge in [-0.05, 0) is 13.3 Å². The molecule has 0 aromatic carbocycles. The Labute approximate surface area is 147 Å². The Morgan fingerprint density at radius 3 is 3.00 bits per heavy atom. The molecular weight excluding hydrogens is 397 g/mol. The molecule has 1 aromatic heterocycles. The van der Waals surface area contributed by atoms with Crippen LogP contribution in [0.4, 0.5) is 0 Å². The number of carbonyl (C=O) groups is 1. The summed E-state index contributed by atoms with van der Waals surface area (Å²) in [6, 6.07) is 2.04. The van der Waals surface area contributed by atoms with Gasteiger partial charge in [-0.1, -0.05) is 12.1 Å². The van der Waals surface area contributed by atoms with Gasteiger partial charge in [0.25, 0.3) is 0 Å². The molecule has 1 unspecified atom stereocenters. The summed E-state index contributed by atoms with van der Waals surface area (Å²) in [6.45, 7) is 6.72. The predicted molar refractivity (Wildman–Crippen MR) is 95.1 cm³/mol. The van der Waals surface area contributed by atoms with Gasteiger partial charge < -0.3 is 20.1 Å². The van der Waals surface area contributed by atoms with Crippen LogP contribution in [0.2, 0.25) is 0 Å². The van der Waals surface area contributed by atoms with Crippen molar-refractivity contribution in [2.75, 3.05) is 19.6 Å². The number of halogens is 1. The van der Waals surface area contributed by atoms with E-state index >= 15 is 0 Å². The molecule has 124 valence electrons. The number of carbonyl (C=O) groups excluding carboxylic acids is 1. The van der Waals surface area contributed by atoms with Crippen LogP contribution < -0.4 is 10.6 Å². The van der Waals surface area contributed by atoms with Crippen molar-refractivity contribution in [3.63, 3.8) is 0 Å². The van der Waals surface area contributed by atoms with Gasteiger partial charge in [-0.15, -0.1) is 24.0 Å². The van der Waals surface area contributed by atoms with Gasteiger partial charge in [-0.25, -0.2) is 4.99 Å². The molecule has 1 amide bonds. The molecule has 8 heteroatoms. The molecule has 1 atom stereocenters. The highest BCUT2D eigenvalue weighted by atomic mass is 127. The molecule has 7 nitrogen and oxygen atoms in total. The first kappa shape index (κ1) is 18.7. The fourth-order valence-electron chi connectivity index (χ4n) is 2.32. The number of hydrogen-bond acceptors (Lipinski definition) is 4. The van der Waals surface area contributed by atoms with E-state index in [-0.39, 0.29) is 35.9 Å². The van der Waals surface area contributed by atoms with Crippen molar-refractivity contribution in [1.29, 1.82) is 0 Å². The lowest BCUT2D eigenvalue weighted by Gasteiger charge is -2.18. The van der Waals surface area contributed by atoms with Crippen LogP contribution in [0.5, 0.6) is 0 Å². The van der Waals surface area contributed by atoms with Gasteiger partial charge in [0.15, 0.2) is 5.96 Å². The van der Waals surface area contributed by atoms with Crippen LogP contribution in [0.15, 0.2) is 21.8 Å². The molecular formula is C14H24IN5O2. The number of aromatic nitrogens is 1. The van der Waals surface area contributed by atoms with Gasteiger partial charge in [-0.3, -0.25) is 4.79 Å². The Morgan fingerprint density at radius 2 is 2.36 bits per heavy atom. The minimum atomic E-state index is 0. The van der Waals surface area contributed by atoms with Gasteiger partial charge in [0.1, 0.15) is 12.0 Å². The molecule has 2 N–H and O–H groups in total. The van der Waals surface area contributed by atoms with E-state index in [0.717, 1.165) is 37.7 Å². The molecule has 1 aliphatic heterocycles. The second kappa shape index (κ2) is 9.65. The fraction of sp³-hybridized carbons (Fsp3) is 0.643. The summed E-state index contributed by atoms with van der Waals surface area (Å²) < 4.78 is 4.79. The summed E-state index contributed by atoms with van der Waals surface area (Å²) in [5.74, 6) is 0.958. The number of aliphatic imine (C=N–C) groups is 1. The molecule has 1 saturated heterocycles. The SMILES string of the molecule is CCNC(=NCc1ccon1)NC1CCN(C(=O)CC)C1.I. The van der Waals surface area contributed by atoms with Crippen molar-refractivity contribution >= 4 is 35.8 Å². The van der Waals surface area contributed by atoms with Gasteiger partial charge in [-0.2, -0.15) is 0 Å². The smallest absolute Gasteiger partial charge is 0.222 e. The minimum absolute atomic E-state index is 0. The van der Waals surface area contributed by atoms with Crippen LogP contribution in [0.1, 0.15) is 32.4 Å². The normalized spacial score (nSPS) is 18.0. The standard InChI is InChI=1S/C14H23N5O2.HI/c1-3-13(20)19-7-5-12(10-19)17-14(15-4-2)16-9-11-6-8-21-18-11;/h6,8,12H,3-5,7,9-10H2,1-2H3,(H2,15,16,17);1H. The maximum absolute atomic E-state index is 11.7. The highest BCUT2D eigenvalue weighted by molar-refractivity contribution is 14.0. The summed E-state index contributed by atoms with van der Waals surface area (Å²) in [7, 11) is 0. The summed E-state index contributed by atoms with van der Waals surface area (Å²) in [5.41, 5.74) is 0.793. The van der Waals surface area contributed by atoms with Crippen molar-refractivity contribution in [1.82, 2.24) is 20.7 Å². The number of guanidine groups is 1. The Balaban J connectivity index is 0.00000242. The number of nitrogens with one attached hydrogen (secondary N) is 2. The molecule has 22 heavy (non-hydrogen) atoms. The number of rotatable bonds is 5. The van der Waals surface area contributed by atoms with Gasteiger partial charge in [0, 0.05) is 38.2 Å². The van der Waals surface area contributed by atoms with Crippen LogP contribution in [0.3, 0.4) is 0 Å². The molecule has 1 fully saturated rings. The molecule has 0 spiro atoms. The van der Waals surface area contributed by atoms with Crippen LogP contribution in [-0.4, -0.2) is 47.6 Å². The Morgan fingerprint density at radius 1 is 1.55 bits per heavy atom. The van der Waals surface area contributed by atoms with Crippen molar-refractivity contribution < 1.29 is 9.32 Å². The molecule has 2 rings (SSSR count). The van der Waals surface area contributed by atoms with E-state index in [4.69, 9.17) is 4.52 Å². The zero-order valence-electron chi connectivity index (χ0n) is 13.0. The van der Waals surface area contributed by atoms with E-state index in [0.29, 0.717) is 13.0 Å². The highest BCUT2D eigenvalue weighted by Crippen LogP contribution is 2.10. The second-order valence-electron chi connectivity index (χ2n) is 5.01. The molecule has 1 aliphatic rings. The fourth-order valence-corrected chi connectivity index (χ4v) is 2.32. The number of hydrogen-bond donors (Lipinski definition) is 2. The zero-order valence-corrected chi connectivity index (χ0v) is 15.4. The lowest BCUT2D eigenvalue weighted by molar-refractivity contribution is -0.129. The quantitative estimate of drug-likeness (QED) is 0.426. The maximum atomic E-state index is 11.7. The minimum Gasteiger partial charge on any atom is -0.364 e. The molecule has 0 aliphatic carbocycles. The third kappa shape index (κ3) is 5.47. The number of likely N-dealkylation sites (tertiary alicyclic amines) is 1. The summed E-state index contributed by atoms with van der Waals surface area (Å²) >= 11 is 0. The largest absolute Gasteiger partial charge is 0.364 e. The Hall–Kier alpha value is -1.32. The lowest BCUT2D eigenvalue weighted by atomic mass is 10.3. The third-order valence-corrected chi connectivity index (χ3v) is 3.42. The first-order valence-corrected chi connectivity index (χ1v) is 7.44. The van der Waals surface area contributed by atoms with Crippen LogP contribution in [-0.2, 0) is 11.3 Å². The van der Waals surface area contributed by atoms with Crippen molar-refractivity contribution in [2.24, 2.45) is 4.99 Å². The van der Waals surface area contributed by atoms with Crippen molar-refractivity contribution in [3.05, 3.63) is 18.0 Å². The lowest BCUT2D eigenvalue weighted by Crippen LogP contribution is -2.45. The van der Waals surface area contributed by atoms with E-state index in [2.05, 4.69) is 20.8 Å². The average molecular weight is 421 g/mol. The van der Waals surface area contributed by atoms with Crippen molar-refractivity contribution in [3.8, 4) is 0 Å². The molecule has 0 radical (unpaired) electrons. The monoisotopic (exact) mass is 421 g/mol. The van der Waals surface area contributed by atoms with Crippen molar-refractivity contribution in [2.45, 2.75) is 39.3 Å². The summed E-state index contributed by atoms with van der Waals surface area (Å²) in [5, 5.41) is 10.4. The topological polar surface area (TPSA) is 82.8 Å². The van der Waals surface area contributed by atoms with Gasteiger partial charge in [0.2, 0.25) is 5.91 Å². The van der Waals surface area contributed by atoms with E-state index < -0.39 is 0 Å². The Kier molecular flexibility index (Phi) is 8.21. The Bertz CT molecular complexity index is 478. The highest BCUT2D eigenvalue weighted by Gasteiger charge is 2.25. The number of nitrogens with zero attached hydrogens (tertiary/aromatic N) is 3. The summed E-state index contributed by atoms with van der Waals surface area (Å²) in [4.78, 5) is 18.1. The van der Waals surface area contributed by atoms with Crippen LogP contribution in [0.25, 0.3) is 0 Å². The van der Waals surface area contributed by atoms with E-state index in [1.807, 2.05) is 18.7 Å². The first-order chi connectivity index (χ1) is 10.2. The maximum Gasteiger partial charge on any atom is 0.222 e. The number of amides is 1. The molecule has 1 aromatic rings. The van der Waals surface area contributed by atoms with E-state index in [9.17, 15) is 4.79 Å². The molecule has 2 heterocycles. The first-order valence-electron chi connectivity index (χ1n) is 7.44. The van der Waals surface area contributed by atoms with Crippen LogP contribution in [0, 0.1) is 0 Å². The van der Waals surface area contributed by atoms with E-state index in [1.165, 1.54) is 6.26 Å². The second-order valence-corrected chi connectivity index (χ2v) is 5.01. The van der Waals surface area contributed by atoms with Gasteiger partial charge >= 0.3 is 0 Å². The predicted octanol–water partition coefficient (Wildman–Crippen LogP) is 1.36. The zero-order chi connectivity index (χ0) is 15.1. The molecule has 0 bridgehead atoms. The molecule has 0 saturated carbocycles. The van der Waals surface area contributed by atoms with E-state index in [1.54, 1.807) is 6.07 Å². The average Bonchev–Trinajstić information content (AvgIpc) is 3.15. The van der Waals surface area contributed by atoms with Gasteiger partial charge in [0.05, 0.1) is 6.54 Å². The summed E-state index contributed by atoms with van der Waals surface area (Å²) in [6.07, 6.45) is 3.05.